The summed E-state index contributed by atoms with van der Waals surface area (Å²) < 4.78 is 0. The number of aliphatic imine (C=N–C) groups is 1. The predicted octanol–water partition coefficient (Wildman–Crippen LogP) is 3.15. The van der Waals surface area contributed by atoms with Gasteiger partial charge in [-0.15, -0.1) is 0 Å². The first-order chi connectivity index (χ1) is 12.6. The molecule has 3 N–H and O–H groups in total. The van der Waals surface area contributed by atoms with Gasteiger partial charge in [0, 0.05) is 23.3 Å². The Morgan fingerprint density at radius 2 is 2.04 bits per heavy atom. The lowest BCUT2D eigenvalue weighted by atomic mass is 10.2. The Hall–Kier alpha value is -3.39. The molecule has 0 unspecified atom stereocenters. The standard InChI is InChI=1S/C18H12N4O3S/c23-16-14(8-11-9-20-15-13(11)2-1-7-19-15)26-18(22-16)21-12-5-3-10(4-6-12)17(24)25/h1-9H,(H,19,20)(H,24,25)(H,21,22,23). The van der Waals surface area contributed by atoms with E-state index in [1.165, 1.54) is 23.9 Å². The molecule has 1 aliphatic rings. The van der Waals surface area contributed by atoms with Crippen LogP contribution in [0.15, 0.2) is 58.7 Å². The van der Waals surface area contributed by atoms with Crippen LogP contribution in [0.4, 0.5) is 5.69 Å². The molecule has 3 heterocycles. The minimum Gasteiger partial charge on any atom is -0.478 e. The van der Waals surface area contributed by atoms with Gasteiger partial charge in [-0.1, -0.05) is 0 Å². The summed E-state index contributed by atoms with van der Waals surface area (Å²) in [5.41, 5.74) is 2.38. The largest absolute Gasteiger partial charge is 0.478 e. The number of aromatic nitrogens is 2. The smallest absolute Gasteiger partial charge is 0.335 e. The van der Waals surface area contributed by atoms with Crippen molar-refractivity contribution in [1.82, 2.24) is 15.3 Å². The number of nitrogens with zero attached hydrogens (tertiary/aromatic N) is 2. The number of amidine groups is 1. The number of fused-ring (bicyclic) bond motifs is 1. The van der Waals surface area contributed by atoms with Crippen molar-refractivity contribution in [2.45, 2.75) is 0 Å². The number of carboxylic acid groups (broad SMARTS) is 1. The van der Waals surface area contributed by atoms with Gasteiger partial charge in [0.25, 0.3) is 5.91 Å². The van der Waals surface area contributed by atoms with Crippen molar-refractivity contribution in [3.63, 3.8) is 0 Å². The summed E-state index contributed by atoms with van der Waals surface area (Å²) in [4.78, 5) is 35.2. The van der Waals surface area contributed by atoms with Crippen LogP contribution in [0.2, 0.25) is 0 Å². The lowest BCUT2D eigenvalue weighted by molar-refractivity contribution is -0.115. The number of thioether (sulfide) groups is 1. The van der Waals surface area contributed by atoms with Crippen LogP contribution >= 0.6 is 11.8 Å². The minimum atomic E-state index is -0.994. The van der Waals surface area contributed by atoms with Gasteiger partial charge in [0.15, 0.2) is 5.17 Å². The van der Waals surface area contributed by atoms with Gasteiger partial charge < -0.3 is 15.4 Å². The normalized spacial score (nSPS) is 17.2. The van der Waals surface area contributed by atoms with E-state index >= 15 is 0 Å². The number of benzene rings is 1. The molecule has 0 saturated carbocycles. The molecule has 1 saturated heterocycles. The Balaban J connectivity index is 1.59. The zero-order valence-corrected chi connectivity index (χ0v) is 14.1. The molecule has 26 heavy (non-hydrogen) atoms. The van der Waals surface area contributed by atoms with Crippen molar-refractivity contribution < 1.29 is 14.7 Å². The van der Waals surface area contributed by atoms with Crippen molar-refractivity contribution in [2.24, 2.45) is 4.99 Å². The molecule has 0 spiro atoms. The summed E-state index contributed by atoms with van der Waals surface area (Å²) in [6.45, 7) is 0. The number of H-pyrrole nitrogens is 1. The van der Waals surface area contributed by atoms with Gasteiger partial charge in [0.1, 0.15) is 5.65 Å². The summed E-state index contributed by atoms with van der Waals surface area (Å²) in [6, 6.07) is 9.90. The molecule has 0 radical (unpaired) electrons. The van der Waals surface area contributed by atoms with E-state index in [2.05, 4.69) is 20.3 Å². The van der Waals surface area contributed by atoms with Gasteiger partial charge in [-0.05, 0) is 54.2 Å². The maximum absolute atomic E-state index is 12.2. The number of aromatic carboxylic acids is 1. The molecular formula is C18H12N4O3S. The molecule has 0 atom stereocenters. The van der Waals surface area contributed by atoms with E-state index in [0.717, 1.165) is 16.6 Å². The Kier molecular flexibility index (Phi) is 4.02. The third-order valence-corrected chi connectivity index (χ3v) is 4.68. The zero-order chi connectivity index (χ0) is 18.1. The summed E-state index contributed by atoms with van der Waals surface area (Å²) in [6.07, 6.45) is 5.29. The Morgan fingerprint density at radius 1 is 1.23 bits per heavy atom. The van der Waals surface area contributed by atoms with Crippen LogP contribution in [0.5, 0.6) is 0 Å². The topological polar surface area (TPSA) is 107 Å². The first kappa shape index (κ1) is 16.1. The molecule has 1 aromatic carbocycles. The molecule has 0 aliphatic carbocycles. The molecular weight excluding hydrogens is 352 g/mol. The Labute approximate surface area is 151 Å². The lowest BCUT2D eigenvalue weighted by Crippen LogP contribution is -2.19. The molecule has 2 aromatic heterocycles. The quantitative estimate of drug-likeness (QED) is 0.619. The van der Waals surface area contributed by atoms with E-state index in [9.17, 15) is 9.59 Å². The summed E-state index contributed by atoms with van der Waals surface area (Å²) >= 11 is 1.23. The predicted molar refractivity (Wildman–Crippen MR) is 100 cm³/mol. The van der Waals surface area contributed by atoms with Crippen molar-refractivity contribution in [1.29, 1.82) is 0 Å². The molecule has 1 fully saturated rings. The summed E-state index contributed by atoms with van der Waals surface area (Å²) in [7, 11) is 0. The highest BCUT2D eigenvalue weighted by atomic mass is 32.2. The van der Waals surface area contributed by atoms with Crippen molar-refractivity contribution in [2.75, 3.05) is 0 Å². The monoisotopic (exact) mass is 364 g/mol. The van der Waals surface area contributed by atoms with Crippen LogP contribution in [0, 0.1) is 0 Å². The van der Waals surface area contributed by atoms with E-state index in [1.807, 2.05) is 12.1 Å². The van der Waals surface area contributed by atoms with E-state index in [1.54, 1.807) is 30.6 Å². The number of amides is 1. The number of hydrogen-bond donors (Lipinski definition) is 3. The average Bonchev–Trinajstić information content (AvgIpc) is 3.20. The first-order valence-electron chi connectivity index (χ1n) is 7.65. The number of carbonyl (C=O) groups is 2. The lowest BCUT2D eigenvalue weighted by Gasteiger charge is -1.97. The van der Waals surface area contributed by atoms with Gasteiger partial charge in [-0.2, -0.15) is 0 Å². The second-order valence-electron chi connectivity index (χ2n) is 5.48. The Bertz CT molecular complexity index is 1080. The van der Waals surface area contributed by atoms with Crippen molar-refractivity contribution in [3.05, 3.63) is 64.8 Å². The highest BCUT2D eigenvalue weighted by Crippen LogP contribution is 2.29. The minimum absolute atomic E-state index is 0.186. The number of rotatable bonds is 3. The fourth-order valence-corrected chi connectivity index (χ4v) is 3.35. The van der Waals surface area contributed by atoms with Crippen LogP contribution < -0.4 is 5.32 Å². The molecule has 3 aromatic rings. The highest BCUT2D eigenvalue weighted by molar-refractivity contribution is 8.18. The maximum Gasteiger partial charge on any atom is 0.335 e. The number of nitrogens with one attached hydrogen (secondary N) is 2. The van der Waals surface area contributed by atoms with Gasteiger partial charge >= 0.3 is 5.97 Å². The molecule has 0 bridgehead atoms. The van der Waals surface area contributed by atoms with Crippen LogP contribution in [0.1, 0.15) is 15.9 Å². The number of aromatic amines is 1. The van der Waals surface area contributed by atoms with Crippen molar-refractivity contribution >= 4 is 51.6 Å². The van der Waals surface area contributed by atoms with Crippen LogP contribution in [0.3, 0.4) is 0 Å². The van der Waals surface area contributed by atoms with Crippen LogP contribution in [-0.4, -0.2) is 32.1 Å². The number of carboxylic acids is 1. The average molecular weight is 364 g/mol. The molecule has 128 valence electrons. The van der Waals surface area contributed by atoms with Gasteiger partial charge in [-0.3, -0.25) is 4.79 Å². The van der Waals surface area contributed by atoms with E-state index in [4.69, 9.17) is 5.11 Å². The SMILES string of the molecule is O=C1NC(=Nc2ccc(C(=O)O)cc2)SC1=Cc1c[nH]c2ncccc12. The van der Waals surface area contributed by atoms with E-state index in [0.29, 0.717) is 15.8 Å². The molecule has 4 rings (SSSR count). The number of carbonyl (C=O) groups excluding carboxylic acids is 1. The summed E-state index contributed by atoms with van der Waals surface area (Å²) in [5.74, 6) is -1.22. The van der Waals surface area contributed by atoms with Gasteiger partial charge in [0.2, 0.25) is 0 Å². The number of hydrogen-bond acceptors (Lipinski definition) is 5. The fraction of sp³-hybridized carbons (Fsp3) is 0. The molecule has 1 aliphatic heterocycles. The second-order valence-corrected chi connectivity index (χ2v) is 6.51. The summed E-state index contributed by atoms with van der Waals surface area (Å²) in [5, 5.41) is 13.0. The highest BCUT2D eigenvalue weighted by Gasteiger charge is 2.24. The van der Waals surface area contributed by atoms with Gasteiger partial charge in [0.05, 0.1) is 16.2 Å². The fourth-order valence-electron chi connectivity index (χ4n) is 2.51. The third kappa shape index (κ3) is 3.09. The first-order valence-corrected chi connectivity index (χ1v) is 8.47. The maximum atomic E-state index is 12.2. The Morgan fingerprint density at radius 3 is 2.81 bits per heavy atom. The van der Waals surface area contributed by atoms with Gasteiger partial charge in [-0.25, -0.2) is 14.8 Å². The zero-order valence-electron chi connectivity index (χ0n) is 13.3. The third-order valence-electron chi connectivity index (χ3n) is 3.77. The van der Waals surface area contributed by atoms with Crippen LogP contribution in [0.25, 0.3) is 17.1 Å². The van der Waals surface area contributed by atoms with E-state index < -0.39 is 5.97 Å². The van der Waals surface area contributed by atoms with Crippen molar-refractivity contribution in [3.8, 4) is 0 Å². The van der Waals surface area contributed by atoms with E-state index in [-0.39, 0.29) is 11.5 Å². The molecule has 8 heteroatoms. The molecule has 1 amide bonds. The second kappa shape index (κ2) is 6.49. The molecule has 7 nitrogen and oxygen atoms in total. The van der Waals surface area contributed by atoms with Crippen LogP contribution in [-0.2, 0) is 4.79 Å². The number of pyridine rings is 1.